The molecule has 5 nitrogen and oxygen atoms in total. The van der Waals surface area contributed by atoms with Crippen molar-refractivity contribution in [2.75, 3.05) is 0 Å². The van der Waals surface area contributed by atoms with Gasteiger partial charge in [-0.2, -0.15) is 0 Å². The molecule has 33 heavy (non-hydrogen) atoms. The Bertz CT molecular complexity index is 845. The van der Waals surface area contributed by atoms with Crippen molar-refractivity contribution < 1.29 is 19.4 Å². The van der Waals surface area contributed by atoms with Crippen molar-refractivity contribution >= 4 is 12.1 Å². The van der Waals surface area contributed by atoms with Crippen LogP contribution in [-0.2, 0) is 9.53 Å². The van der Waals surface area contributed by atoms with Crippen molar-refractivity contribution in [3.63, 3.8) is 0 Å². The minimum atomic E-state index is -0.486. The number of nitrogens with one attached hydrogen (secondary N) is 1. The summed E-state index contributed by atoms with van der Waals surface area (Å²) < 4.78 is 5.56. The zero-order valence-corrected chi connectivity index (χ0v) is 20.8. The summed E-state index contributed by atoms with van der Waals surface area (Å²) >= 11 is 0. The molecule has 0 aromatic heterocycles. The number of amides is 1. The lowest BCUT2D eigenvalue weighted by Crippen LogP contribution is -2.47. The summed E-state index contributed by atoms with van der Waals surface area (Å²) in [6, 6.07) is 0.223. The number of carbonyl (C=O) groups excluding carboxylic acids is 1. The van der Waals surface area contributed by atoms with E-state index in [9.17, 15) is 14.7 Å². The van der Waals surface area contributed by atoms with Crippen LogP contribution in [0.2, 0.25) is 0 Å². The van der Waals surface area contributed by atoms with Gasteiger partial charge in [-0.25, -0.2) is 4.79 Å². The Balaban J connectivity index is 1.25. The van der Waals surface area contributed by atoms with Crippen LogP contribution in [0.25, 0.3) is 0 Å². The molecule has 0 aliphatic heterocycles. The molecule has 0 saturated heterocycles. The molecule has 0 aromatic rings. The van der Waals surface area contributed by atoms with Gasteiger partial charge in [0.05, 0.1) is 5.41 Å². The summed E-state index contributed by atoms with van der Waals surface area (Å²) in [5.74, 6) is 2.78. The van der Waals surface area contributed by atoms with E-state index < -0.39 is 17.0 Å². The van der Waals surface area contributed by atoms with Gasteiger partial charge in [-0.3, -0.25) is 4.79 Å². The molecule has 0 radical (unpaired) electrons. The van der Waals surface area contributed by atoms with E-state index >= 15 is 0 Å². The fourth-order valence-electron chi connectivity index (χ4n) is 10.7. The predicted molar refractivity (Wildman–Crippen MR) is 126 cm³/mol. The Hall–Kier alpha value is -1.26. The monoisotopic (exact) mass is 457 g/mol. The summed E-state index contributed by atoms with van der Waals surface area (Å²) in [4.78, 5) is 25.2. The Kier molecular flexibility index (Phi) is 4.80. The normalized spacial score (nSPS) is 50.0. The molecule has 0 aromatic carbocycles. The fourth-order valence-corrected chi connectivity index (χ4v) is 10.7. The number of aliphatic carboxylic acids is 1. The number of carbonyl (C=O) groups is 2. The van der Waals surface area contributed by atoms with E-state index in [1.807, 2.05) is 20.8 Å². The SMILES string of the molecule is CC(C)(C)OC(=O)NC1CC2CC3CC(C45CC6CCCC(C(=O)O)(C4)C(C6)C5)(C2)CC3C1. The van der Waals surface area contributed by atoms with Gasteiger partial charge >= 0.3 is 12.1 Å². The molecule has 5 heteroatoms. The van der Waals surface area contributed by atoms with Gasteiger partial charge in [-0.05, 0) is 132 Å². The molecule has 6 saturated carbocycles. The van der Waals surface area contributed by atoms with Crippen LogP contribution in [0, 0.1) is 45.8 Å². The minimum Gasteiger partial charge on any atom is -0.481 e. The van der Waals surface area contributed by atoms with Gasteiger partial charge in [0.1, 0.15) is 5.60 Å². The third-order valence-corrected chi connectivity index (χ3v) is 11.4. The van der Waals surface area contributed by atoms with Crippen LogP contribution >= 0.6 is 0 Å². The summed E-state index contributed by atoms with van der Waals surface area (Å²) in [6.07, 6.45) is 14.9. The minimum absolute atomic E-state index is 0.223. The lowest BCUT2D eigenvalue weighted by Gasteiger charge is -2.55. The summed E-state index contributed by atoms with van der Waals surface area (Å²) in [7, 11) is 0. The number of rotatable bonds is 3. The number of ether oxygens (including phenoxy) is 1. The Labute approximate surface area is 198 Å². The van der Waals surface area contributed by atoms with E-state index in [-0.39, 0.29) is 17.6 Å². The average molecular weight is 458 g/mol. The number of hydrogen-bond acceptors (Lipinski definition) is 3. The first kappa shape index (κ1) is 22.2. The van der Waals surface area contributed by atoms with Gasteiger partial charge in [0.15, 0.2) is 0 Å². The number of carboxylic acid groups (broad SMARTS) is 1. The first-order chi connectivity index (χ1) is 15.5. The second-order valence-corrected chi connectivity index (χ2v) is 14.3. The highest BCUT2D eigenvalue weighted by atomic mass is 16.6. The molecule has 6 bridgehead atoms. The Morgan fingerprint density at radius 2 is 1.64 bits per heavy atom. The molecule has 0 spiro atoms. The van der Waals surface area contributed by atoms with Crippen LogP contribution in [0.15, 0.2) is 0 Å². The first-order valence-electron chi connectivity index (χ1n) is 13.7. The number of alkyl carbamates (subject to hydrolysis) is 1. The van der Waals surface area contributed by atoms with Crippen molar-refractivity contribution in [3.05, 3.63) is 0 Å². The van der Waals surface area contributed by atoms with E-state index in [0.717, 1.165) is 43.9 Å². The lowest BCUT2D eigenvalue weighted by molar-refractivity contribution is -0.152. The molecule has 6 aliphatic rings. The van der Waals surface area contributed by atoms with Gasteiger partial charge < -0.3 is 15.2 Å². The van der Waals surface area contributed by atoms with Crippen molar-refractivity contribution in [1.82, 2.24) is 5.32 Å². The average Bonchev–Trinajstić information content (AvgIpc) is 2.97. The molecule has 1 amide bonds. The van der Waals surface area contributed by atoms with Gasteiger partial charge in [0, 0.05) is 6.04 Å². The van der Waals surface area contributed by atoms with Crippen molar-refractivity contribution in [1.29, 1.82) is 0 Å². The topological polar surface area (TPSA) is 75.6 Å². The molecule has 9 atom stereocenters. The highest BCUT2D eigenvalue weighted by Gasteiger charge is 2.71. The highest BCUT2D eigenvalue weighted by molar-refractivity contribution is 5.76. The molecular formula is C28H43NO4. The van der Waals surface area contributed by atoms with E-state index in [2.05, 4.69) is 5.32 Å². The molecule has 6 rings (SSSR count). The molecule has 6 fully saturated rings. The molecule has 0 heterocycles. The maximum Gasteiger partial charge on any atom is 0.407 e. The number of hydrogen-bond donors (Lipinski definition) is 2. The van der Waals surface area contributed by atoms with Crippen LogP contribution in [0.5, 0.6) is 0 Å². The third-order valence-electron chi connectivity index (χ3n) is 11.4. The molecular weight excluding hydrogens is 414 g/mol. The van der Waals surface area contributed by atoms with Gasteiger partial charge in [-0.15, -0.1) is 0 Å². The summed E-state index contributed by atoms with van der Waals surface area (Å²) in [5.41, 5.74) is -0.289. The van der Waals surface area contributed by atoms with E-state index in [0.29, 0.717) is 23.2 Å². The van der Waals surface area contributed by atoms with Crippen molar-refractivity contribution in [2.24, 2.45) is 45.8 Å². The second-order valence-electron chi connectivity index (χ2n) is 14.3. The summed E-state index contributed by atoms with van der Waals surface area (Å²) in [5, 5.41) is 13.7. The summed E-state index contributed by atoms with van der Waals surface area (Å²) in [6.45, 7) is 5.76. The second kappa shape index (κ2) is 7.13. The van der Waals surface area contributed by atoms with E-state index in [1.165, 1.54) is 51.4 Å². The Morgan fingerprint density at radius 3 is 2.36 bits per heavy atom. The van der Waals surface area contributed by atoms with Crippen LogP contribution in [0.3, 0.4) is 0 Å². The highest BCUT2D eigenvalue weighted by Crippen LogP contribution is 2.77. The lowest BCUT2D eigenvalue weighted by atomic mass is 9.50. The predicted octanol–water partition coefficient (Wildman–Crippen LogP) is 6.16. The van der Waals surface area contributed by atoms with E-state index in [4.69, 9.17) is 4.74 Å². The van der Waals surface area contributed by atoms with Gasteiger partial charge in [0.2, 0.25) is 0 Å². The third kappa shape index (κ3) is 3.37. The van der Waals surface area contributed by atoms with E-state index in [1.54, 1.807) is 0 Å². The van der Waals surface area contributed by atoms with Crippen LogP contribution in [-0.4, -0.2) is 28.8 Å². The molecule has 2 N–H and O–H groups in total. The van der Waals surface area contributed by atoms with Gasteiger partial charge in [-0.1, -0.05) is 12.8 Å². The zero-order chi connectivity index (χ0) is 23.2. The fraction of sp³-hybridized carbons (Fsp3) is 0.929. The Morgan fingerprint density at radius 1 is 0.909 bits per heavy atom. The molecule has 184 valence electrons. The zero-order valence-electron chi connectivity index (χ0n) is 20.8. The van der Waals surface area contributed by atoms with Crippen molar-refractivity contribution in [3.8, 4) is 0 Å². The molecule has 6 aliphatic carbocycles. The standard InChI is InChI=1S/C28H43NO4/c1-25(2,3)33-24(32)29-22-9-18-7-19-13-26(12-18,14-20(19)10-22)27-11-17-5-4-6-28(16-27,23(30)31)21(8-17)15-27/h17-22H,4-16H2,1-3H3,(H,29,32)(H,30,31). The number of carboxylic acids is 1. The van der Waals surface area contributed by atoms with Crippen LogP contribution in [0.1, 0.15) is 104 Å². The number of fused-ring (bicyclic) bond motifs is 5. The van der Waals surface area contributed by atoms with Crippen LogP contribution in [0.4, 0.5) is 4.79 Å². The first-order valence-corrected chi connectivity index (χ1v) is 13.7. The largest absolute Gasteiger partial charge is 0.481 e. The van der Waals surface area contributed by atoms with Crippen LogP contribution < -0.4 is 5.32 Å². The smallest absolute Gasteiger partial charge is 0.407 e. The van der Waals surface area contributed by atoms with Gasteiger partial charge in [0.25, 0.3) is 0 Å². The van der Waals surface area contributed by atoms with Crippen molar-refractivity contribution in [2.45, 2.75) is 116 Å². The quantitative estimate of drug-likeness (QED) is 0.532. The maximum atomic E-state index is 12.7. The molecule has 9 unspecified atom stereocenters. The maximum absolute atomic E-state index is 12.7.